The van der Waals surface area contributed by atoms with Gasteiger partial charge in [-0.1, -0.05) is 38.8 Å². The van der Waals surface area contributed by atoms with Crippen LogP contribution in [-0.4, -0.2) is 6.54 Å². The van der Waals surface area contributed by atoms with Crippen LogP contribution in [0.3, 0.4) is 0 Å². The Morgan fingerprint density at radius 2 is 2.33 bits per heavy atom. The van der Waals surface area contributed by atoms with Gasteiger partial charge < -0.3 is 5.32 Å². The van der Waals surface area contributed by atoms with Gasteiger partial charge in [0, 0.05) is 16.9 Å². The largest absolute Gasteiger partial charge is 0.383 e. The summed E-state index contributed by atoms with van der Waals surface area (Å²) in [4.78, 5) is 0. The minimum atomic E-state index is 0.692. The normalized spacial score (nSPS) is 20.9. The van der Waals surface area contributed by atoms with E-state index < -0.39 is 0 Å². The molecule has 15 heavy (non-hydrogen) atoms. The van der Waals surface area contributed by atoms with Crippen molar-refractivity contribution in [3.05, 3.63) is 28.2 Å². The van der Waals surface area contributed by atoms with Crippen molar-refractivity contribution >= 4 is 21.6 Å². The molecule has 2 heteroatoms. The minimum Gasteiger partial charge on any atom is -0.383 e. The zero-order valence-electron chi connectivity index (χ0n) is 9.39. The Morgan fingerprint density at radius 1 is 1.53 bits per heavy atom. The van der Waals surface area contributed by atoms with E-state index in [1.54, 1.807) is 0 Å². The summed E-state index contributed by atoms with van der Waals surface area (Å²) in [5.41, 5.74) is 2.80. The van der Waals surface area contributed by atoms with Gasteiger partial charge in [-0.25, -0.2) is 0 Å². The third-order valence-corrected chi connectivity index (χ3v) is 4.04. The Morgan fingerprint density at radius 3 is 3.07 bits per heavy atom. The highest BCUT2D eigenvalue weighted by Gasteiger charge is 2.27. The van der Waals surface area contributed by atoms with Crippen LogP contribution in [0.15, 0.2) is 22.7 Å². The number of halogens is 1. The molecule has 2 unspecified atom stereocenters. The number of nitrogens with one attached hydrogen (secondary N) is 1. The Hall–Kier alpha value is -0.500. The lowest BCUT2D eigenvalue weighted by Gasteiger charge is -2.18. The molecule has 0 aliphatic carbocycles. The average molecular weight is 268 g/mol. The van der Waals surface area contributed by atoms with Gasteiger partial charge in [0.2, 0.25) is 0 Å². The van der Waals surface area contributed by atoms with Crippen LogP contribution < -0.4 is 5.32 Å². The molecule has 82 valence electrons. The Balaban J connectivity index is 2.25. The molecule has 0 amide bonds. The van der Waals surface area contributed by atoms with Crippen molar-refractivity contribution in [3.8, 4) is 0 Å². The van der Waals surface area contributed by atoms with Crippen LogP contribution in [0.1, 0.15) is 38.2 Å². The fourth-order valence-corrected chi connectivity index (χ4v) is 3.04. The van der Waals surface area contributed by atoms with Crippen LogP contribution >= 0.6 is 15.9 Å². The number of para-hydroxylation sites is 1. The van der Waals surface area contributed by atoms with Crippen LogP contribution in [0.4, 0.5) is 5.69 Å². The monoisotopic (exact) mass is 267 g/mol. The lowest BCUT2D eigenvalue weighted by Crippen LogP contribution is -2.11. The Labute approximate surface area is 100 Å². The number of rotatable bonds is 3. The van der Waals surface area contributed by atoms with E-state index in [2.05, 4.69) is 53.3 Å². The summed E-state index contributed by atoms with van der Waals surface area (Å²) >= 11 is 3.60. The molecule has 0 radical (unpaired) electrons. The second kappa shape index (κ2) is 4.56. The molecule has 0 fully saturated rings. The SMILES string of the molecule is CCCC(C)C1CNc2c(Br)cccc21. The third-order valence-electron chi connectivity index (χ3n) is 3.37. The fourth-order valence-electron chi connectivity index (χ4n) is 2.52. The van der Waals surface area contributed by atoms with Crippen LogP contribution in [0, 0.1) is 5.92 Å². The minimum absolute atomic E-state index is 0.692. The molecule has 0 saturated heterocycles. The van der Waals surface area contributed by atoms with Gasteiger partial charge in [-0.3, -0.25) is 0 Å². The lowest BCUT2D eigenvalue weighted by atomic mass is 9.86. The first-order valence-electron chi connectivity index (χ1n) is 5.76. The summed E-state index contributed by atoms with van der Waals surface area (Å²) in [6.45, 7) is 5.73. The summed E-state index contributed by atoms with van der Waals surface area (Å²) in [5.74, 6) is 1.47. The molecule has 0 bridgehead atoms. The predicted molar refractivity (Wildman–Crippen MR) is 69.4 cm³/mol. The zero-order valence-corrected chi connectivity index (χ0v) is 11.0. The highest BCUT2D eigenvalue weighted by atomic mass is 79.9. The first kappa shape index (κ1) is 11.0. The molecule has 0 saturated carbocycles. The molecule has 1 N–H and O–H groups in total. The number of fused-ring (bicyclic) bond motifs is 1. The quantitative estimate of drug-likeness (QED) is 0.857. The van der Waals surface area contributed by atoms with Gasteiger partial charge in [0.05, 0.1) is 5.69 Å². The van der Waals surface area contributed by atoms with E-state index in [0.717, 1.165) is 12.5 Å². The molecular weight excluding hydrogens is 250 g/mol. The highest BCUT2D eigenvalue weighted by molar-refractivity contribution is 9.10. The molecule has 2 rings (SSSR count). The maximum atomic E-state index is 3.60. The van der Waals surface area contributed by atoms with E-state index in [1.165, 1.54) is 28.6 Å². The van der Waals surface area contributed by atoms with E-state index in [1.807, 2.05) is 0 Å². The van der Waals surface area contributed by atoms with Crippen molar-refractivity contribution in [2.75, 3.05) is 11.9 Å². The number of hydrogen-bond donors (Lipinski definition) is 1. The summed E-state index contributed by atoms with van der Waals surface area (Å²) in [6, 6.07) is 6.51. The van der Waals surface area contributed by atoms with Gasteiger partial charge in [-0.2, -0.15) is 0 Å². The predicted octanol–water partition coefficient (Wildman–Crippen LogP) is 4.39. The smallest absolute Gasteiger partial charge is 0.0521 e. The van der Waals surface area contributed by atoms with Gasteiger partial charge in [-0.15, -0.1) is 0 Å². The van der Waals surface area contributed by atoms with Gasteiger partial charge >= 0.3 is 0 Å². The molecule has 1 heterocycles. The van der Waals surface area contributed by atoms with Crippen molar-refractivity contribution in [2.24, 2.45) is 5.92 Å². The molecule has 0 spiro atoms. The summed E-state index contributed by atoms with van der Waals surface area (Å²) in [7, 11) is 0. The second-order valence-corrected chi connectivity index (χ2v) is 5.31. The first-order valence-corrected chi connectivity index (χ1v) is 6.55. The molecule has 1 aliphatic heterocycles. The van der Waals surface area contributed by atoms with E-state index in [9.17, 15) is 0 Å². The van der Waals surface area contributed by atoms with E-state index >= 15 is 0 Å². The van der Waals surface area contributed by atoms with Crippen molar-refractivity contribution < 1.29 is 0 Å². The topological polar surface area (TPSA) is 12.0 Å². The van der Waals surface area contributed by atoms with Crippen LogP contribution in [0.2, 0.25) is 0 Å². The van der Waals surface area contributed by atoms with Crippen LogP contribution in [0.5, 0.6) is 0 Å². The summed E-state index contributed by atoms with van der Waals surface area (Å²) in [5, 5.41) is 3.51. The molecule has 0 aromatic heterocycles. The van der Waals surface area contributed by atoms with E-state index in [4.69, 9.17) is 0 Å². The van der Waals surface area contributed by atoms with Gasteiger partial charge in [0.25, 0.3) is 0 Å². The zero-order chi connectivity index (χ0) is 10.8. The summed E-state index contributed by atoms with van der Waals surface area (Å²) < 4.78 is 1.20. The van der Waals surface area contributed by atoms with Crippen LogP contribution in [0.25, 0.3) is 0 Å². The number of hydrogen-bond acceptors (Lipinski definition) is 1. The third kappa shape index (κ3) is 2.05. The Bertz CT molecular complexity index is 348. The molecule has 1 aromatic rings. The number of benzene rings is 1. The highest BCUT2D eigenvalue weighted by Crippen LogP contribution is 2.41. The Kier molecular flexibility index (Phi) is 3.35. The fraction of sp³-hybridized carbons (Fsp3) is 0.538. The first-order chi connectivity index (χ1) is 7.24. The second-order valence-electron chi connectivity index (χ2n) is 4.46. The van der Waals surface area contributed by atoms with E-state index in [0.29, 0.717) is 5.92 Å². The number of anilines is 1. The molecular formula is C13H18BrN. The van der Waals surface area contributed by atoms with Crippen LogP contribution in [-0.2, 0) is 0 Å². The van der Waals surface area contributed by atoms with Crippen molar-refractivity contribution in [3.63, 3.8) is 0 Å². The average Bonchev–Trinajstić information content (AvgIpc) is 2.63. The van der Waals surface area contributed by atoms with E-state index in [-0.39, 0.29) is 0 Å². The van der Waals surface area contributed by atoms with Gasteiger partial charge in [0.1, 0.15) is 0 Å². The van der Waals surface area contributed by atoms with Crippen molar-refractivity contribution in [1.82, 2.24) is 0 Å². The summed E-state index contributed by atoms with van der Waals surface area (Å²) in [6.07, 6.45) is 2.60. The maximum absolute atomic E-state index is 3.60. The maximum Gasteiger partial charge on any atom is 0.0521 e. The van der Waals surface area contributed by atoms with Crippen molar-refractivity contribution in [2.45, 2.75) is 32.6 Å². The van der Waals surface area contributed by atoms with Crippen molar-refractivity contribution in [1.29, 1.82) is 0 Å². The molecule has 1 aliphatic rings. The standard InChI is InChI=1S/C13H18BrN/c1-3-5-9(2)11-8-15-13-10(11)6-4-7-12(13)14/h4,6-7,9,11,15H,3,5,8H2,1-2H3. The molecule has 1 nitrogen and oxygen atoms in total. The molecule has 1 aromatic carbocycles. The van der Waals surface area contributed by atoms with Gasteiger partial charge in [-0.05, 0) is 33.5 Å². The molecule has 2 atom stereocenters. The lowest BCUT2D eigenvalue weighted by molar-refractivity contribution is 0.447. The van der Waals surface area contributed by atoms with Gasteiger partial charge in [0.15, 0.2) is 0 Å².